The van der Waals surface area contributed by atoms with E-state index in [4.69, 9.17) is 10.2 Å². The van der Waals surface area contributed by atoms with Gasteiger partial charge in [0.15, 0.2) is 6.29 Å². The maximum atomic E-state index is 8.93. The Kier molecular flexibility index (Phi) is 8.08. The Morgan fingerprint density at radius 3 is 1.50 bits per heavy atom. The van der Waals surface area contributed by atoms with Crippen molar-refractivity contribution in [1.82, 2.24) is 0 Å². The molecular formula is C10H22O4. The molecule has 1 aliphatic carbocycles. The van der Waals surface area contributed by atoms with E-state index < -0.39 is 12.2 Å². The molecule has 0 unspecified atom stereocenters. The lowest BCUT2D eigenvalue weighted by atomic mass is 9.95. The van der Waals surface area contributed by atoms with Gasteiger partial charge in [0.05, 0.1) is 12.2 Å². The number of hydrogen-bond acceptors (Lipinski definition) is 4. The molecule has 0 aromatic heterocycles. The summed E-state index contributed by atoms with van der Waals surface area (Å²) in [6.07, 6.45) is 2.75. The van der Waals surface area contributed by atoms with Gasteiger partial charge in [0.25, 0.3) is 0 Å². The third-order valence-corrected chi connectivity index (χ3v) is 2.36. The fourth-order valence-electron chi connectivity index (χ4n) is 1.19. The van der Waals surface area contributed by atoms with E-state index in [1.165, 1.54) is 0 Å². The summed E-state index contributed by atoms with van der Waals surface area (Å²) >= 11 is 0. The minimum atomic E-state index is -0.441. The summed E-state index contributed by atoms with van der Waals surface area (Å²) in [7, 11) is 3.21. The molecule has 4 heteroatoms. The molecule has 0 aromatic carbocycles. The number of methoxy groups -OCH3 is 2. The predicted molar refractivity (Wildman–Crippen MR) is 54.0 cm³/mol. The van der Waals surface area contributed by atoms with Crippen molar-refractivity contribution in [2.24, 2.45) is 0 Å². The molecular weight excluding hydrogens is 184 g/mol. The number of aliphatic hydroxyl groups excluding tert-OH is 2. The van der Waals surface area contributed by atoms with Crippen LogP contribution < -0.4 is 0 Å². The molecule has 0 aliphatic heterocycles. The fraction of sp³-hybridized carbons (Fsp3) is 1.00. The number of rotatable bonds is 2. The summed E-state index contributed by atoms with van der Waals surface area (Å²) in [6, 6.07) is 0. The minimum Gasteiger partial charge on any atom is -0.390 e. The second-order valence-corrected chi connectivity index (χ2v) is 3.46. The van der Waals surface area contributed by atoms with Crippen LogP contribution in [0.1, 0.15) is 32.6 Å². The van der Waals surface area contributed by atoms with Crippen molar-refractivity contribution in [1.29, 1.82) is 0 Å². The van der Waals surface area contributed by atoms with Gasteiger partial charge in [-0.2, -0.15) is 0 Å². The SMILES string of the molecule is COC(C)OC.O[C@@H]1CCCC[C@@H]1O. The molecule has 1 rings (SSSR count). The second kappa shape index (κ2) is 8.17. The molecule has 1 saturated carbocycles. The van der Waals surface area contributed by atoms with E-state index in [1.54, 1.807) is 14.2 Å². The Bertz CT molecular complexity index is 115. The highest BCUT2D eigenvalue weighted by atomic mass is 16.7. The molecule has 0 heterocycles. The molecule has 2 atom stereocenters. The van der Waals surface area contributed by atoms with E-state index in [2.05, 4.69) is 9.47 Å². The van der Waals surface area contributed by atoms with Crippen LogP contribution in [0, 0.1) is 0 Å². The van der Waals surface area contributed by atoms with Crippen LogP contribution in [0.3, 0.4) is 0 Å². The third-order valence-electron chi connectivity index (χ3n) is 2.36. The summed E-state index contributed by atoms with van der Waals surface area (Å²) in [5, 5.41) is 17.9. The van der Waals surface area contributed by atoms with Gasteiger partial charge in [-0.3, -0.25) is 0 Å². The molecule has 14 heavy (non-hydrogen) atoms. The number of aliphatic hydroxyl groups is 2. The lowest BCUT2D eigenvalue weighted by Gasteiger charge is -2.22. The molecule has 0 saturated heterocycles. The minimum absolute atomic E-state index is 0.0648. The van der Waals surface area contributed by atoms with E-state index in [-0.39, 0.29) is 6.29 Å². The maximum absolute atomic E-state index is 8.93. The van der Waals surface area contributed by atoms with Crippen molar-refractivity contribution in [2.75, 3.05) is 14.2 Å². The van der Waals surface area contributed by atoms with E-state index in [0.717, 1.165) is 25.7 Å². The van der Waals surface area contributed by atoms with Gasteiger partial charge in [0.1, 0.15) is 0 Å². The zero-order valence-electron chi connectivity index (χ0n) is 9.27. The third kappa shape index (κ3) is 6.32. The quantitative estimate of drug-likeness (QED) is 0.659. The summed E-state index contributed by atoms with van der Waals surface area (Å²) in [4.78, 5) is 0. The van der Waals surface area contributed by atoms with Crippen LogP contribution in [0.25, 0.3) is 0 Å². The Morgan fingerprint density at radius 1 is 1.00 bits per heavy atom. The molecule has 1 fully saturated rings. The van der Waals surface area contributed by atoms with E-state index in [0.29, 0.717) is 0 Å². The van der Waals surface area contributed by atoms with Crippen molar-refractivity contribution in [3.8, 4) is 0 Å². The van der Waals surface area contributed by atoms with Crippen LogP contribution in [0.4, 0.5) is 0 Å². The number of ether oxygens (including phenoxy) is 2. The summed E-state index contributed by atoms with van der Waals surface area (Å²) in [5.74, 6) is 0. The monoisotopic (exact) mass is 206 g/mol. The van der Waals surface area contributed by atoms with Gasteiger partial charge in [0.2, 0.25) is 0 Å². The van der Waals surface area contributed by atoms with E-state index in [9.17, 15) is 0 Å². The Labute approximate surface area is 85.8 Å². The Morgan fingerprint density at radius 2 is 1.36 bits per heavy atom. The summed E-state index contributed by atoms with van der Waals surface area (Å²) < 4.78 is 9.35. The van der Waals surface area contributed by atoms with Gasteiger partial charge in [-0.05, 0) is 19.8 Å². The molecule has 0 radical (unpaired) electrons. The topological polar surface area (TPSA) is 58.9 Å². The van der Waals surface area contributed by atoms with Crippen LogP contribution in [0.5, 0.6) is 0 Å². The van der Waals surface area contributed by atoms with E-state index in [1.807, 2.05) is 6.92 Å². The second-order valence-electron chi connectivity index (χ2n) is 3.46. The molecule has 86 valence electrons. The van der Waals surface area contributed by atoms with Crippen LogP contribution >= 0.6 is 0 Å². The van der Waals surface area contributed by atoms with Gasteiger partial charge >= 0.3 is 0 Å². The van der Waals surface area contributed by atoms with Gasteiger partial charge in [-0.15, -0.1) is 0 Å². The maximum Gasteiger partial charge on any atom is 0.154 e. The molecule has 4 nitrogen and oxygen atoms in total. The normalized spacial score (nSPS) is 27.0. The average Bonchev–Trinajstić information content (AvgIpc) is 2.22. The molecule has 1 aliphatic rings. The fourth-order valence-corrected chi connectivity index (χ4v) is 1.19. The zero-order valence-corrected chi connectivity index (χ0v) is 9.27. The Hall–Kier alpha value is -0.160. The van der Waals surface area contributed by atoms with Gasteiger partial charge in [-0.1, -0.05) is 12.8 Å². The first-order chi connectivity index (χ1) is 6.61. The first-order valence-corrected chi connectivity index (χ1v) is 5.03. The molecule has 0 aromatic rings. The smallest absolute Gasteiger partial charge is 0.154 e. The summed E-state index contributed by atoms with van der Waals surface area (Å²) in [5.41, 5.74) is 0. The highest BCUT2D eigenvalue weighted by Gasteiger charge is 2.19. The highest BCUT2D eigenvalue weighted by Crippen LogP contribution is 2.17. The van der Waals surface area contributed by atoms with Crippen LogP contribution in [0.15, 0.2) is 0 Å². The van der Waals surface area contributed by atoms with Crippen molar-refractivity contribution in [3.63, 3.8) is 0 Å². The van der Waals surface area contributed by atoms with Crippen LogP contribution in [-0.2, 0) is 9.47 Å². The molecule has 0 spiro atoms. The Balaban J connectivity index is 0.000000255. The lowest BCUT2D eigenvalue weighted by molar-refractivity contribution is -0.0877. The van der Waals surface area contributed by atoms with Gasteiger partial charge in [0, 0.05) is 14.2 Å². The van der Waals surface area contributed by atoms with Crippen LogP contribution in [0.2, 0.25) is 0 Å². The van der Waals surface area contributed by atoms with Crippen LogP contribution in [-0.4, -0.2) is 42.9 Å². The van der Waals surface area contributed by atoms with Gasteiger partial charge < -0.3 is 19.7 Å². The van der Waals surface area contributed by atoms with Crippen molar-refractivity contribution in [3.05, 3.63) is 0 Å². The van der Waals surface area contributed by atoms with Crippen molar-refractivity contribution >= 4 is 0 Å². The number of hydrogen-bond donors (Lipinski definition) is 2. The zero-order chi connectivity index (χ0) is 11.0. The average molecular weight is 206 g/mol. The largest absolute Gasteiger partial charge is 0.390 e. The first-order valence-electron chi connectivity index (χ1n) is 5.03. The standard InChI is InChI=1S/C6H12O2.C4H10O2/c7-5-3-1-2-4-6(5)8;1-4(5-2)6-3/h5-8H,1-4H2;4H,1-3H3/t5-,6+;. The van der Waals surface area contributed by atoms with Gasteiger partial charge in [-0.25, -0.2) is 0 Å². The highest BCUT2D eigenvalue weighted by molar-refractivity contribution is 4.72. The predicted octanol–water partition coefficient (Wildman–Crippen LogP) is 0.907. The molecule has 0 bridgehead atoms. The van der Waals surface area contributed by atoms with E-state index >= 15 is 0 Å². The lowest BCUT2D eigenvalue weighted by Crippen LogP contribution is -2.28. The molecule has 2 N–H and O–H groups in total. The first kappa shape index (κ1) is 13.8. The van der Waals surface area contributed by atoms with Crippen molar-refractivity contribution in [2.45, 2.75) is 51.1 Å². The van der Waals surface area contributed by atoms with Crippen molar-refractivity contribution < 1.29 is 19.7 Å². The molecule has 0 amide bonds. The summed E-state index contributed by atoms with van der Waals surface area (Å²) in [6.45, 7) is 1.83.